The van der Waals surface area contributed by atoms with Crippen LogP contribution < -0.4 is 0 Å². The van der Waals surface area contributed by atoms with Crippen LogP contribution in [0.2, 0.25) is 0 Å². The molecule has 0 atom stereocenters. The number of rotatable bonds is 16. The first-order valence-electron chi connectivity index (χ1n) is 9.39. The van der Waals surface area contributed by atoms with Crippen LogP contribution in [0.15, 0.2) is 50.6 Å². The lowest BCUT2D eigenvalue weighted by molar-refractivity contribution is -0.155. The molecule has 0 spiro atoms. The molecule has 8 nitrogen and oxygen atoms in total. The van der Waals surface area contributed by atoms with Gasteiger partial charge in [0, 0.05) is 12.8 Å². The molecule has 0 saturated carbocycles. The second-order valence-corrected chi connectivity index (χ2v) is 6.29. The fourth-order valence-corrected chi connectivity index (χ4v) is 2.31. The van der Waals surface area contributed by atoms with Crippen LogP contribution in [-0.2, 0) is 28.7 Å². The molecule has 8 heteroatoms. The quantitative estimate of drug-likeness (QED) is 0.218. The van der Waals surface area contributed by atoms with Gasteiger partial charge < -0.3 is 19.7 Å². The molecule has 0 aromatic rings. The molecule has 0 aliphatic carbocycles. The van der Waals surface area contributed by atoms with E-state index in [-0.39, 0.29) is 38.0 Å². The summed E-state index contributed by atoms with van der Waals surface area (Å²) in [6, 6.07) is 0. The third-order valence-corrected chi connectivity index (χ3v) is 3.75. The third-order valence-electron chi connectivity index (χ3n) is 3.75. The molecule has 0 aromatic carbocycles. The van der Waals surface area contributed by atoms with Gasteiger partial charge in [0.2, 0.25) is 0 Å². The Morgan fingerprint density at radius 2 is 1.13 bits per heavy atom. The first kappa shape index (κ1) is 29.0. The molecule has 0 amide bonds. The monoisotopic (exact) mass is 424 g/mol. The Balaban J connectivity index is 0. The first-order valence-corrected chi connectivity index (χ1v) is 9.39. The van der Waals surface area contributed by atoms with Crippen LogP contribution in [0.1, 0.15) is 44.9 Å². The summed E-state index contributed by atoms with van der Waals surface area (Å²) in [4.78, 5) is 43.6. The molecule has 168 valence electrons. The Labute approximate surface area is 177 Å². The van der Waals surface area contributed by atoms with Gasteiger partial charge in [0.05, 0.1) is 11.8 Å². The van der Waals surface area contributed by atoms with Gasteiger partial charge in [-0.25, -0.2) is 0 Å². The summed E-state index contributed by atoms with van der Waals surface area (Å²) in [6.07, 6.45) is 7.60. The number of aliphatic carboxylic acids is 2. The molecule has 0 aliphatic heterocycles. The number of unbranched alkanes of at least 4 members (excludes halogenated alkanes) is 1. The van der Waals surface area contributed by atoms with E-state index in [0.717, 1.165) is 0 Å². The number of allylic oxidation sites excluding steroid dienone is 2. The van der Waals surface area contributed by atoms with E-state index in [1.54, 1.807) is 0 Å². The Hall–Kier alpha value is -3.16. The minimum Gasteiger partial charge on any atom is -0.481 e. The van der Waals surface area contributed by atoms with E-state index >= 15 is 0 Å². The fourth-order valence-electron chi connectivity index (χ4n) is 2.31. The summed E-state index contributed by atoms with van der Waals surface area (Å²) >= 11 is 0. The number of ether oxygens (including phenoxy) is 2. The Kier molecular flexibility index (Phi) is 17.3. The fraction of sp³-hybridized carbons (Fsp3) is 0.455. The summed E-state index contributed by atoms with van der Waals surface area (Å²) in [5, 5.41) is 17.6. The highest BCUT2D eigenvalue weighted by Crippen LogP contribution is 2.32. The highest BCUT2D eigenvalue weighted by atomic mass is 16.5. The molecule has 0 bridgehead atoms. The van der Waals surface area contributed by atoms with Crippen LogP contribution >= 0.6 is 0 Å². The Morgan fingerprint density at radius 1 is 0.733 bits per heavy atom. The molecular formula is C22H32O8. The van der Waals surface area contributed by atoms with Crippen molar-refractivity contribution in [2.75, 3.05) is 13.2 Å². The van der Waals surface area contributed by atoms with Crippen molar-refractivity contribution in [1.82, 2.24) is 0 Å². The van der Waals surface area contributed by atoms with Gasteiger partial charge in [0.1, 0.15) is 13.2 Å². The van der Waals surface area contributed by atoms with Crippen molar-refractivity contribution in [3.05, 3.63) is 50.6 Å². The van der Waals surface area contributed by atoms with Gasteiger partial charge in [-0.2, -0.15) is 0 Å². The lowest BCUT2D eigenvalue weighted by Crippen LogP contribution is -2.32. The molecule has 2 N–H and O–H groups in total. The van der Waals surface area contributed by atoms with Crippen molar-refractivity contribution >= 4 is 23.9 Å². The molecule has 0 radical (unpaired) electrons. The van der Waals surface area contributed by atoms with Gasteiger partial charge >= 0.3 is 23.9 Å². The summed E-state index contributed by atoms with van der Waals surface area (Å²) < 4.78 is 9.55. The minimum atomic E-state index is -1.30. The summed E-state index contributed by atoms with van der Waals surface area (Å²) in [7, 11) is 0. The first-order chi connectivity index (χ1) is 14.2. The van der Waals surface area contributed by atoms with Crippen LogP contribution in [0, 0.1) is 5.41 Å². The molecule has 0 aliphatic rings. The summed E-state index contributed by atoms with van der Waals surface area (Å²) in [5.41, 5.74) is -1.30. The van der Waals surface area contributed by atoms with E-state index in [1.165, 1.54) is 24.3 Å². The van der Waals surface area contributed by atoms with Crippen molar-refractivity contribution in [3.63, 3.8) is 0 Å². The number of carbonyl (C=O) groups is 4. The zero-order valence-corrected chi connectivity index (χ0v) is 17.3. The van der Waals surface area contributed by atoms with E-state index < -0.39 is 23.8 Å². The molecular weight excluding hydrogens is 392 g/mol. The maximum atomic E-state index is 11.0. The van der Waals surface area contributed by atoms with Gasteiger partial charge in [-0.05, 0) is 25.7 Å². The predicted molar refractivity (Wildman–Crippen MR) is 113 cm³/mol. The van der Waals surface area contributed by atoms with Crippen LogP contribution in [0.3, 0.4) is 0 Å². The van der Waals surface area contributed by atoms with E-state index in [9.17, 15) is 19.2 Å². The van der Waals surface area contributed by atoms with Gasteiger partial charge in [-0.3, -0.25) is 19.2 Å². The minimum absolute atomic E-state index is 0.126. The number of esters is 2. The molecule has 0 rings (SSSR count). The predicted octanol–water partition coefficient (Wildman–Crippen LogP) is 3.69. The highest BCUT2D eigenvalue weighted by molar-refractivity contribution is 5.81. The normalized spacial score (nSPS) is 9.87. The van der Waals surface area contributed by atoms with Crippen molar-refractivity contribution in [3.8, 4) is 0 Å². The molecule has 30 heavy (non-hydrogen) atoms. The van der Waals surface area contributed by atoms with Crippen LogP contribution in [-0.4, -0.2) is 47.3 Å². The summed E-state index contributed by atoms with van der Waals surface area (Å²) in [6.45, 7) is 14.2. The van der Waals surface area contributed by atoms with Crippen LogP contribution in [0.5, 0.6) is 0 Å². The Morgan fingerprint density at radius 3 is 1.40 bits per heavy atom. The van der Waals surface area contributed by atoms with E-state index in [4.69, 9.17) is 19.7 Å². The maximum Gasteiger partial charge on any atom is 0.310 e. The Bertz CT molecular complexity index is 570. The SMILES string of the molecule is C=CCC(CC=C)(CC(=O)O)C(=O)O.C=CCOC(=O)CCCCC(=O)OCC=C. The topological polar surface area (TPSA) is 127 Å². The largest absolute Gasteiger partial charge is 0.481 e. The van der Waals surface area contributed by atoms with E-state index in [0.29, 0.717) is 25.7 Å². The molecule has 0 fully saturated rings. The van der Waals surface area contributed by atoms with Gasteiger partial charge in [-0.1, -0.05) is 37.5 Å². The van der Waals surface area contributed by atoms with Crippen LogP contribution in [0.25, 0.3) is 0 Å². The molecule has 0 aromatic heterocycles. The zero-order chi connectivity index (χ0) is 23.4. The van der Waals surface area contributed by atoms with E-state index in [2.05, 4.69) is 26.3 Å². The maximum absolute atomic E-state index is 11.0. The molecule has 0 saturated heterocycles. The van der Waals surface area contributed by atoms with E-state index in [1.807, 2.05) is 0 Å². The van der Waals surface area contributed by atoms with Crippen molar-refractivity contribution in [2.45, 2.75) is 44.9 Å². The number of hydrogen-bond acceptors (Lipinski definition) is 6. The second-order valence-electron chi connectivity index (χ2n) is 6.29. The lowest BCUT2D eigenvalue weighted by atomic mass is 9.78. The van der Waals surface area contributed by atoms with Gasteiger partial charge in [0.15, 0.2) is 0 Å². The summed E-state index contributed by atoms with van der Waals surface area (Å²) in [5.74, 6) is -2.78. The van der Waals surface area contributed by atoms with Gasteiger partial charge in [0.25, 0.3) is 0 Å². The number of carbonyl (C=O) groups excluding carboxylic acids is 2. The second kappa shape index (κ2) is 17.9. The van der Waals surface area contributed by atoms with Gasteiger partial charge in [-0.15, -0.1) is 13.2 Å². The number of carboxylic acids is 2. The third kappa shape index (κ3) is 14.8. The lowest BCUT2D eigenvalue weighted by Gasteiger charge is -2.24. The zero-order valence-electron chi connectivity index (χ0n) is 17.3. The van der Waals surface area contributed by atoms with Crippen LogP contribution in [0.4, 0.5) is 0 Å². The average molecular weight is 424 g/mol. The van der Waals surface area contributed by atoms with Crippen molar-refractivity contribution < 1.29 is 38.9 Å². The number of hydrogen-bond donors (Lipinski definition) is 2. The molecule has 0 heterocycles. The highest BCUT2D eigenvalue weighted by Gasteiger charge is 2.38. The van der Waals surface area contributed by atoms with Crippen molar-refractivity contribution in [1.29, 1.82) is 0 Å². The number of carboxylic acid groups (broad SMARTS) is 2. The standard InChI is InChI=1S/C12H18O4.C10H14O4/c1-3-9-15-11(13)7-5-6-8-12(14)16-10-4-2;1-3-5-10(6-4-2,9(13)14)7-8(11)12/h3-4H,1-2,5-10H2;3-4H,1-2,5-7H2,(H,11,12)(H,13,14). The smallest absolute Gasteiger partial charge is 0.310 e. The molecule has 0 unspecified atom stereocenters. The average Bonchev–Trinajstić information content (AvgIpc) is 2.68. The van der Waals surface area contributed by atoms with Crippen molar-refractivity contribution in [2.24, 2.45) is 5.41 Å².